The minimum Gasteiger partial charge on any atom is -0.383 e. The summed E-state index contributed by atoms with van der Waals surface area (Å²) in [5.41, 5.74) is 8.55. The highest BCUT2D eigenvalue weighted by Crippen LogP contribution is 2.34. The number of rotatable bonds is 7. The Bertz CT molecular complexity index is 1510. The van der Waals surface area contributed by atoms with Crippen LogP contribution in [0, 0.1) is 11.6 Å². The Morgan fingerprint density at radius 2 is 1.84 bits per heavy atom. The molecule has 0 saturated carbocycles. The number of benzene rings is 2. The van der Waals surface area contributed by atoms with Gasteiger partial charge in [0.15, 0.2) is 11.4 Å². The number of nitrogens with zero attached hydrogens (tertiary/aromatic N) is 5. The summed E-state index contributed by atoms with van der Waals surface area (Å²) in [6.07, 6.45) is 4.66. The number of hydrogen-bond donors (Lipinski definition) is 1. The average molecular weight is 517 g/mol. The number of likely N-dealkylation sites (tertiary alicyclic amines) is 1. The first-order valence-electron chi connectivity index (χ1n) is 12.3. The summed E-state index contributed by atoms with van der Waals surface area (Å²) in [6, 6.07) is 10.7. The maximum Gasteiger partial charge on any atom is 0.246 e. The molecule has 0 aliphatic carbocycles. The lowest BCUT2D eigenvalue weighted by Crippen LogP contribution is -2.40. The highest BCUT2D eigenvalue weighted by Gasteiger charge is 2.28. The smallest absolute Gasteiger partial charge is 0.246 e. The molecule has 8 nitrogen and oxygen atoms in total. The van der Waals surface area contributed by atoms with Gasteiger partial charge < -0.3 is 10.6 Å². The SMILES string of the molecule is C=CC(=O)N1CCCC(n2nc(-c3ccc(CCC(=O)c4c(F)cccc4F)cc3)c3c(N)ncnc32)C1. The van der Waals surface area contributed by atoms with E-state index in [-0.39, 0.29) is 18.4 Å². The van der Waals surface area contributed by atoms with Crippen molar-refractivity contribution >= 4 is 28.5 Å². The number of Topliss-reactive ketones (excluding diaryl/α,β-unsaturated/α-hetero) is 1. The van der Waals surface area contributed by atoms with Gasteiger partial charge in [0.1, 0.15) is 29.5 Å². The standard InChI is InChI=1S/C28H26F2N6O2/c1-2-23(38)35-14-4-5-19(15-35)36-28-25(27(31)32-16-33-28)26(34-36)18-11-8-17(9-12-18)10-13-22(37)24-20(29)6-3-7-21(24)30/h2-3,6-9,11-12,16,19H,1,4-5,10,13-15H2,(H2,31,32,33). The van der Waals surface area contributed by atoms with Crippen LogP contribution in [-0.4, -0.2) is 49.4 Å². The number of hydrogen-bond acceptors (Lipinski definition) is 6. The third kappa shape index (κ3) is 4.77. The summed E-state index contributed by atoms with van der Waals surface area (Å²) in [6.45, 7) is 4.74. The van der Waals surface area contributed by atoms with Gasteiger partial charge in [-0.3, -0.25) is 9.59 Å². The van der Waals surface area contributed by atoms with Gasteiger partial charge in [-0.15, -0.1) is 0 Å². The molecule has 1 aliphatic rings. The molecular weight excluding hydrogens is 490 g/mol. The Labute approximate surface area is 217 Å². The van der Waals surface area contributed by atoms with Crippen molar-refractivity contribution < 1.29 is 18.4 Å². The summed E-state index contributed by atoms with van der Waals surface area (Å²) < 4.78 is 29.7. The van der Waals surface area contributed by atoms with Crippen LogP contribution in [0.3, 0.4) is 0 Å². The van der Waals surface area contributed by atoms with Crippen molar-refractivity contribution in [3.63, 3.8) is 0 Å². The summed E-state index contributed by atoms with van der Waals surface area (Å²) in [4.78, 5) is 35.0. The first-order valence-corrected chi connectivity index (χ1v) is 12.3. The Hall–Kier alpha value is -4.47. The number of carbonyl (C=O) groups is 2. The van der Waals surface area contributed by atoms with Crippen molar-refractivity contribution in [2.24, 2.45) is 0 Å². The van der Waals surface area contributed by atoms with Crippen LogP contribution >= 0.6 is 0 Å². The summed E-state index contributed by atoms with van der Waals surface area (Å²) >= 11 is 0. The first kappa shape index (κ1) is 25.2. The van der Waals surface area contributed by atoms with E-state index in [2.05, 4.69) is 16.5 Å². The van der Waals surface area contributed by atoms with Crippen LogP contribution < -0.4 is 5.73 Å². The van der Waals surface area contributed by atoms with Gasteiger partial charge in [0, 0.05) is 25.1 Å². The van der Waals surface area contributed by atoms with E-state index in [1.54, 1.807) is 4.90 Å². The summed E-state index contributed by atoms with van der Waals surface area (Å²) in [7, 11) is 0. The summed E-state index contributed by atoms with van der Waals surface area (Å²) in [5, 5.41) is 5.48. The Morgan fingerprint density at radius 1 is 1.11 bits per heavy atom. The van der Waals surface area contributed by atoms with Crippen molar-refractivity contribution in [2.75, 3.05) is 18.8 Å². The van der Waals surface area contributed by atoms with Crippen LogP contribution in [0.1, 0.15) is 41.2 Å². The van der Waals surface area contributed by atoms with Gasteiger partial charge in [-0.25, -0.2) is 23.4 Å². The molecule has 1 fully saturated rings. The third-order valence-electron chi connectivity index (χ3n) is 6.86. The number of nitrogens with two attached hydrogens (primary N) is 1. The largest absolute Gasteiger partial charge is 0.383 e. The average Bonchev–Trinajstić information content (AvgIpc) is 3.33. The maximum atomic E-state index is 13.9. The second-order valence-corrected chi connectivity index (χ2v) is 9.25. The number of aryl methyl sites for hydroxylation is 1. The second-order valence-electron chi connectivity index (χ2n) is 9.25. The van der Waals surface area contributed by atoms with Gasteiger partial charge in [-0.1, -0.05) is 36.9 Å². The molecule has 2 aromatic heterocycles. The van der Waals surface area contributed by atoms with E-state index in [4.69, 9.17) is 10.8 Å². The quantitative estimate of drug-likeness (QED) is 0.286. The van der Waals surface area contributed by atoms with Crippen LogP contribution in [0.4, 0.5) is 14.6 Å². The Kier molecular flexibility index (Phi) is 6.95. The number of nitrogen functional groups attached to an aromatic ring is 1. The molecule has 194 valence electrons. The molecule has 10 heteroatoms. The molecule has 3 heterocycles. The van der Waals surface area contributed by atoms with Crippen LogP contribution in [0.25, 0.3) is 22.3 Å². The second kappa shape index (κ2) is 10.5. The molecule has 0 spiro atoms. The lowest BCUT2D eigenvalue weighted by molar-refractivity contribution is -0.127. The molecule has 38 heavy (non-hydrogen) atoms. The fraction of sp³-hybridized carbons (Fsp3) is 0.250. The lowest BCUT2D eigenvalue weighted by Gasteiger charge is -2.32. The molecule has 0 bridgehead atoms. The molecule has 1 atom stereocenters. The number of carbonyl (C=O) groups excluding carboxylic acids is 2. The number of ketones is 1. The maximum absolute atomic E-state index is 13.9. The zero-order valence-corrected chi connectivity index (χ0v) is 20.6. The van der Waals surface area contributed by atoms with Gasteiger partial charge >= 0.3 is 0 Å². The molecular formula is C28H26F2N6O2. The van der Waals surface area contributed by atoms with Gasteiger partial charge in [0.05, 0.1) is 17.0 Å². The molecule has 2 N–H and O–H groups in total. The Balaban J connectivity index is 1.40. The predicted molar refractivity (Wildman–Crippen MR) is 139 cm³/mol. The van der Waals surface area contributed by atoms with E-state index in [0.717, 1.165) is 36.1 Å². The molecule has 5 rings (SSSR count). The van der Waals surface area contributed by atoms with Crippen molar-refractivity contribution in [3.05, 3.63) is 84.2 Å². The van der Waals surface area contributed by atoms with Crippen LogP contribution in [-0.2, 0) is 11.2 Å². The highest BCUT2D eigenvalue weighted by molar-refractivity contribution is 5.98. The van der Waals surface area contributed by atoms with Crippen LogP contribution in [0.2, 0.25) is 0 Å². The third-order valence-corrected chi connectivity index (χ3v) is 6.86. The topological polar surface area (TPSA) is 107 Å². The normalized spacial score (nSPS) is 15.5. The molecule has 1 saturated heterocycles. The highest BCUT2D eigenvalue weighted by atomic mass is 19.1. The number of halogens is 2. The number of amides is 1. The summed E-state index contributed by atoms with van der Waals surface area (Å²) in [5.74, 6) is -2.12. The molecule has 2 aromatic carbocycles. The molecule has 1 aliphatic heterocycles. The van der Waals surface area contributed by atoms with E-state index in [1.807, 2.05) is 28.9 Å². The molecule has 4 aromatic rings. The predicted octanol–water partition coefficient (Wildman–Crippen LogP) is 4.52. The van der Waals surface area contributed by atoms with Gasteiger partial charge in [0.25, 0.3) is 0 Å². The van der Waals surface area contributed by atoms with E-state index in [9.17, 15) is 18.4 Å². The van der Waals surface area contributed by atoms with Gasteiger partial charge in [-0.2, -0.15) is 5.10 Å². The monoisotopic (exact) mass is 516 g/mol. The van der Waals surface area contributed by atoms with Gasteiger partial charge in [0.2, 0.25) is 5.91 Å². The molecule has 1 unspecified atom stereocenters. The van der Waals surface area contributed by atoms with E-state index in [0.29, 0.717) is 42.1 Å². The van der Waals surface area contributed by atoms with Crippen LogP contribution in [0.5, 0.6) is 0 Å². The van der Waals surface area contributed by atoms with Crippen molar-refractivity contribution in [2.45, 2.75) is 31.7 Å². The number of aromatic nitrogens is 4. The Morgan fingerprint density at radius 3 is 2.55 bits per heavy atom. The number of anilines is 1. The van der Waals surface area contributed by atoms with Crippen molar-refractivity contribution in [1.29, 1.82) is 0 Å². The number of fused-ring (bicyclic) bond motifs is 1. The first-order chi connectivity index (χ1) is 18.4. The van der Waals surface area contributed by atoms with Crippen molar-refractivity contribution in [3.8, 4) is 11.3 Å². The fourth-order valence-electron chi connectivity index (χ4n) is 4.91. The zero-order valence-electron chi connectivity index (χ0n) is 20.6. The number of piperidine rings is 1. The minimum atomic E-state index is -0.859. The minimum absolute atomic E-state index is 0.0306. The van der Waals surface area contributed by atoms with Crippen LogP contribution in [0.15, 0.2) is 61.4 Å². The van der Waals surface area contributed by atoms with Gasteiger partial charge in [-0.05, 0) is 43.0 Å². The van der Waals surface area contributed by atoms with E-state index >= 15 is 0 Å². The zero-order chi connectivity index (χ0) is 26.8. The van der Waals surface area contributed by atoms with Crippen molar-refractivity contribution in [1.82, 2.24) is 24.6 Å². The lowest BCUT2D eigenvalue weighted by atomic mass is 10.0. The fourth-order valence-corrected chi connectivity index (χ4v) is 4.91. The molecule has 1 amide bonds. The molecule has 0 radical (unpaired) electrons. The van der Waals surface area contributed by atoms with E-state index in [1.165, 1.54) is 18.5 Å². The van der Waals surface area contributed by atoms with E-state index < -0.39 is 23.0 Å².